The van der Waals surface area contributed by atoms with Gasteiger partial charge in [-0.2, -0.15) is 0 Å². The van der Waals surface area contributed by atoms with E-state index >= 15 is 0 Å². The van der Waals surface area contributed by atoms with E-state index < -0.39 is 17.4 Å². The molecule has 0 aliphatic heterocycles. The molecule has 3 aromatic heterocycles. The van der Waals surface area contributed by atoms with Crippen LogP contribution in [0, 0.1) is 11.6 Å². The van der Waals surface area contributed by atoms with Gasteiger partial charge in [-0.1, -0.05) is 6.07 Å². The molecule has 1 N–H and O–H groups in total. The highest BCUT2D eigenvalue weighted by atomic mass is 19.1. The standard InChI is InChI=1S/C19H11F2N3O/c20-12-3-4-16(21)14(8-12)18(25)15-10-24-19-17(15)13(5-7-23-19)11-2-1-6-22-9-11/h1-10H,(H,23,24). The molecular weight excluding hydrogens is 324 g/mol. The maximum Gasteiger partial charge on any atom is 0.198 e. The number of hydrogen-bond donors (Lipinski definition) is 1. The number of nitrogens with zero attached hydrogens (tertiary/aromatic N) is 2. The molecule has 0 unspecified atom stereocenters. The second kappa shape index (κ2) is 5.90. The van der Waals surface area contributed by atoms with Crippen molar-refractivity contribution in [1.29, 1.82) is 0 Å². The van der Waals surface area contributed by atoms with Crippen LogP contribution in [0.2, 0.25) is 0 Å². The van der Waals surface area contributed by atoms with E-state index in [4.69, 9.17) is 0 Å². The largest absolute Gasteiger partial charge is 0.345 e. The molecule has 0 amide bonds. The summed E-state index contributed by atoms with van der Waals surface area (Å²) >= 11 is 0. The van der Waals surface area contributed by atoms with Crippen molar-refractivity contribution >= 4 is 16.8 Å². The summed E-state index contributed by atoms with van der Waals surface area (Å²) in [5, 5.41) is 0.546. The van der Waals surface area contributed by atoms with E-state index in [1.807, 2.05) is 6.07 Å². The van der Waals surface area contributed by atoms with Gasteiger partial charge in [-0.25, -0.2) is 13.8 Å². The first-order valence-corrected chi connectivity index (χ1v) is 7.51. The van der Waals surface area contributed by atoms with Crippen LogP contribution in [0.15, 0.2) is 61.2 Å². The van der Waals surface area contributed by atoms with E-state index in [1.165, 1.54) is 6.20 Å². The summed E-state index contributed by atoms with van der Waals surface area (Å²) in [5.41, 5.74) is 1.93. The number of aromatic amines is 1. The van der Waals surface area contributed by atoms with Crippen LogP contribution < -0.4 is 0 Å². The molecule has 4 aromatic rings. The zero-order valence-corrected chi connectivity index (χ0v) is 12.8. The lowest BCUT2D eigenvalue weighted by Gasteiger charge is -2.06. The molecule has 0 radical (unpaired) electrons. The molecule has 0 atom stereocenters. The Morgan fingerprint density at radius 2 is 1.92 bits per heavy atom. The van der Waals surface area contributed by atoms with Gasteiger partial charge in [0.25, 0.3) is 0 Å². The minimum Gasteiger partial charge on any atom is -0.345 e. The number of aromatic nitrogens is 3. The molecule has 6 heteroatoms. The van der Waals surface area contributed by atoms with Crippen LogP contribution in [-0.4, -0.2) is 20.7 Å². The highest BCUT2D eigenvalue weighted by Crippen LogP contribution is 2.31. The number of carbonyl (C=O) groups excluding carboxylic acids is 1. The molecule has 0 bridgehead atoms. The van der Waals surface area contributed by atoms with Crippen molar-refractivity contribution < 1.29 is 13.6 Å². The Hall–Kier alpha value is -3.41. The molecule has 4 rings (SSSR count). The van der Waals surface area contributed by atoms with Gasteiger partial charge in [-0.05, 0) is 35.9 Å². The molecular formula is C19H11F2N3O. The summed E-state index contributed by atoms with van der Waals surface area (Å²) < 4.78 is 27.5. The number of pyridine rings is 2. The highest BCUT2D eigenvalue weighted by Gasteiger charge is 2.21. The fraction of sp³-hybridized carbons (Fsp3) is 0. The van der Waals surface area contributed by atoms with Crippen molar-refractivity contribution in [3.63, 3.8) is 0 Å². The average molecular weight is 335 g/mol. The number of benzene rings is 1. The van der Waals surface area contributed by atoms with Gasteiger partial charge < -0.3 is 4.98 Å². The first-order valence-electron chi connectivity index (χ1n) is 7.51. The predicted octanol–water partition coefficient (Wildman–Crippen LogP) is 4.13. The first-order chi connectivity index (χ1) is 12.1. The molecule has 1 aromatic carbocycles. The summed E-state index contributed by atoms with van der Waals surface area (Å²) in [6.45, 7) is 0. The molecule has 0 aliphatic carbocycles. The van der Waals surface area contributed by atoms with Crippen molar-refractivity contribution in [2.45, 2.75) is 0 Å². The second-order valence-electron chi connectivity index (χ2n) is 5.48. The highest BCUT2D eigenvalue weighted by molar-refractivity contribution is 6.18. The maximum absolute atomic E-state index is 14.0. The van der Waals surface area contributed by atoms with Crippen molar-refractivity contribution in [3.05, 3.63) is 83.9 Å². The van der Waals surface area contributed by atoms with Gasteiger partial charge >= 0.3 is 0 Å². The molecule has 0 saturated carbocycles. The van der Waals surface area contributed by atoms with E-state index in [-0.39, 0.29) is 11.1 Å². The number of rotatable bonds is 3. The smallest absolute Gasteiger partial charge is 0.198 e. The third-order valence-electron chi connectivity index (χ3n) is 3.96. The van der Waals surface area contributed by atoms with Crippen LogP contribution in [0.4, 0.5) is 8.78 Å². The fourth-order valence-corrected chi connectivity index (χ4v) is 2.81. The van der Waals surface area contributed by atoms with E-state index in [0.717, 1.165) is 29.3 Å². The van der Waals surface area contributed by atoms with Crippen molar-refractivity contribution in [2.24, 2.45) is 0 Å². The van der Waals surface area contributed by atoms with E-state index in [1.54, 1.807) is 30.7 Å². The Labute approximate surface area is 141 Å². The summed E-state index contributed by atoms with van der Waals surface area (Å²) in [7, 11) is 0. The Morgan fingerprint density at radius 3 is 2.72 bits per heavy atom. The number of nitrogens with one attached hydrogen (secondary N) is 1. The zero-order chi connectivity index (χ0) is 17.4. The lowest BCUT2D eigenvalue weighted by molar-refractivity contribution is 0.103. The minimum absolute atomic E-state index is 0.228. The average Bonchev–Trinajstić information content (AvgIpc) is 3.08. The van der Waals surface area contributed by atoms with Gasteiger partial charge in [0.2, 0.25) is 0 Å². The van der Waals surface area contributed by atoms with Crippen molar-refractivity contribution in [2.75, 3.05) is 0 Å². The third kappa shape index (κ3) is 2.57. The topological polar surface area (TPSA) is 58.6 Å². The SMILES string of the molecule is O=C(c1cc(F)ccc1F)c1c[nH]c2nccc(-c3cccnc3)c12. The fourth-order valence-electron chi connectivity index (χ4n) is 2.81. The molecule has 122 valence electrons. The summed E-state index contributed by atoms with van der Waals surface area (Å²) in [6.07, 6.45) is 6.38. The van der Waals surface area contributed by atoms with Crippen LogP contribution >= 0.6 is 0 Å². The van der Waals surface area contributed by atoms with Crippen molar-refractivity contribution in [3.8, 4) is 11.1 Å². The van der Waals surface area contributed by atoms with E-state index in [9.17, 15) is 13.6 Å². The number of carbonyl (C=O) groups is 1. The normalized spacial score (nSPS) is 11.0. The van der Waals surface area contributed by atoms with Gasteiger partial charge in [-0.15, -0.1) is 0 Å². The quantitative estimate of drug-likeness (QED) is 0.573. The van der Waals surface area contributed by atoms with E-state index in [0.29, 0.717) is 11.0 Å². The van der Waals surface area contributed by atoms with Crippen LogP contribution in [-0.2, 0) is 0 Å². The zero-order valence-electron chi connectivity index (χ0n) is 12.8. The maximum atomic E-state index is 14.0. The third-order valence-corrected chi connectivity index (χ3v) is 3.96. The molecule has 0 fully saturated rings. The van der Waals surface area contributed by atoms with Crippen LogP contribution in [0.3, 0.4) is 0 Å². The molecule has 25 heavy (non-hydrogen) atoms. The lowest BCUT2D eigenvalue weighted by atomic mass is 9.98. The Bertz CT molecular complexity index is 1090. The molecule has 0 aliphatic rings. The summed E-state index contributed by atoms with van der Waals surface area (Å²) in [6, 6.07) is 8.21. The summed E-state index contributed by atoms with van der Waals surface area (Å²) in [4.78, 5) is 24.0. The molecule has 4 nitrogen and oxygen atoms in total. The molecule has 0 spiro atoms. The van der Waals surface area contributed by atoms with Gasteiger partial charge in [0.15, 0.2) is 5.78 Å². The van der Waals surface area contributed by atoms with Gasteiger partial charge in [0.05, 0.1) is 11.1 Å². The molecule has 3 heterocycles. The van der Waals surface area contributed by atoms with Crippen LogP contribution in [0.1, 0.15) is 15.9 Å². The number of halogens is 2. The second-order valence-corrected chi connectivity index (χ2v) is 5.48. The Balaban J connectivity index is 1.94. The van der Waals surface area contributed by atoms with E-state index in [2.05, 4.69) is 15.0 Å². The van der Waals surface area contributed by atoms with Crippen LogP contribution in [0.25, 0.3) is 22.2 Å². The monoisotopic (exact) mass is 335 g/mol. The van der Waals surface area contributed by atoms with Gasteiger partial charge in [0, 0.05) is 35.7 Å². The first kappa shape index (κ1) is 15.1. The Kier molecular flexibility index (Phi) is 3.57. The number of hydrogen-bond acceptors (Lipinski definition) is 3. The molecule has 0 saturated heterocycles. The van der Waals surface area contributed by atoms with Crippen molar-refractivity contribution in [1.82, 2.24) is 15.0 Å². The summed E-state index contributed by atoms with van der Waals surface area (Å²) in [5.74, 6) is -2.05. The predicted molar refractivity (Wildman–Crippen MR) is 89.1 cm³/mol. The van der Waals surface area contributed by atoms with Gasteiger partial charge in [0.1, 0.15) is 17.3 Å². The van der Waals surface area contributed by atoms with Gasteiger partial charge in [-0.3, -0.25) is 9.78 Å². The Morgan fingerprint density at radius 1 is 1.04 bits per heavy atom. The lowest BCUT2D eigenvalue weighted by Crippen LogP contribution is -2.05. The van der Waals surface area contributed by atoms with Crippen LogP contribution in [0.5, 0.6) is 0 Å². The number of fused-ring (bicyclic) bond motifs is 1. The minimum atomic E-state index is -0.771. The number of ketones is 1. The number of H-pyrrole nitrogens is 1.